The van der Waals surface area contributed by atoms with Gasteiger partial charge in [-0.1, -0.05) is 35.9 Å². The molecule has 0 unspecified atom stereocenters. The molecule has 1 fully saturated rings. The molecule has 35 heavy (non-hydrogen) atoms. The minimum atomic E-state index is -0.331. The van der Waals surface area contributed by atoms with E-state index in [1.807, 2.05) is 76.2 Å². The van der Waals surface area contributed by atoms with Crippen LogP contribution in [0.4, 0.5) is 17.1 Å². The lowest BCUT2D eigenvalue weighted by Gasteiger charge is -2.19. The summed E-state index contributed by atoms with van der Waals surface area (Å²) in [5, 5.41) is 3.31. The summed E-state index contributed by atoms with van der Waals surface area (Å²) in [7, 11) is 0. The van der Waals surface area contributed by atoms with E-state index in [-0.39, 0.29) is 11.8 Å². The van der Waals surface area contributed by atoms with E-state index < -0.39 is 0 Å². The number of hydrogen-bond donors (Lipinski definition) is 1. The van der Waals surface area contributed by atoms with Gasteiger partial charge in [0.2, 0.25) is 0 Å². The lowest BCUT2D eigenvalue weighted by atomic mass is 9.97. The van der Waals surface area contributed by atoms with Crippen LogP contribution >= 0.6 is 0 Å². The fraction of sp³-hybridized carbons (Fsp3) is 0.267. The van der Waals surface area contributed by atoms with Gasteiger partial charge in [0.25, 0.3) is 11.8 Å². The van der Waals surface area contributed by atoms with Crippen LogP contribution in [0.1, 0.15) is 40.7 Å². The molecule has 0 saturated carbocycles. The average molecular weight is 466 g/mol. The number of nitrogens with one attached hydrogen (secondary N) is 1. The molecule has 1 N–H and O–H groups in total. The number of nitrogens with zero attached hydrogens (tertiary/aromatic N) is 2. The van der Waals surface area contributed by atoms with Crippen molar-refractivity contribution in [1.29, 1.82) is 0 Å². The molecule has 2 amide bonds. The van der Waals surface area contributed by atoms with Crippen LogP contribution in [0.15, 0.2) is 66.4 Å². The molecule has 5 heteroatoms. The van der Waals surface area contributed by atoms with Gasteiger partial charge in [0.05, 0.1) is 11.3 Å². The van der Waals surface area contributed by atoms with Gasteiger partial charge in [-0.25, -0.2) is 4.90 Å². The van der Waals surface area contributed by atoms with Gasteiger partial charge >= 0.3 is 0 Å². The summed E-state index contributed by atoms with van der Waals surface area (Å²) in [4.78, 5) is 31.3. The van der Waals surface area contributed by atoms with Crippen LogP contribution in [0.2, 0.25) is 0 Å². The quantitative estimate of drug-likeness (QED) is 0.476. The van der Waals surface area contributed by atoms with Crippen LogP contribution in [-0.2, 0) is 9.59 Å². The molecule has 3 aromatic rings. The van der Waals surface area contributed by atoms with E-state index in [0.29, 0.717) is 17.0 Å². The van der Waals surface area contributed by atoms with Crippen molar-refractivity contribution in [1.82, 2.24) is 0 Å². The zero-order valence-electron chi connectivity index (χ0n) is 20.8. The molecular formula is C30H31N3O2. The highest BCUT2D eigenvalue weighted by atomic mass is 16.2. The van der Waals surface area contributed by atoms with Crippen molar-refractivity contribution in [2.75, 3.05) is 28.2 Å². The second-order valence-corrected chi connectivity index (χ2v) is 9.60. The van der Waals surface area contributed by atoms with Crippen LogP contribution in [0, 0.1) is 27.7 Å². The Morgan fingerprint density at radius 3 is 2.17 bits per heavy atom. The lowest BCUT2D eigenvalue weighted by Crippen LogP contribution is -2.33. The van der Waals surface area contributed by atoms with Crippen molar-refractivity contribution >= 4 is 34.4 Å². The molecule has 2 aliphatic rings. The Hall–Kier alpha value is -3.86. The Bertz CT molecular complexity index is 1350. The number of amides is 2. The molecule has 0 atom stereocenters. The number of rotatable bonds is 5. The average Bonchev–Trinajstić information content (AvgIpc) is 3.45. The van der Waals surface area contributed by atoms with Gasteiger partial charge in [-0.2, -0.15) is 0 Å². The number of imide groups is 1. The van der Waals surface area contributed by atoms with Crippen molar-refractivity contribution in [2.24, 2.45) is 0 Å². The summed E-state index contributed by atoms with van der Waals surface area (Å²) in [5.41, 5.74) is 8.14. The Morgan fingerprint density at radius 1 is 0.771 bits per heavy atom. The first-order chi connectivity index (χ1) is 16.8. The summed E-state index contributed by atoms with van der Waals surface area (Å²) in [6, 6.07) is 19.8. The first kappa shape index (κ1) is 22.9. The number of hydrogen-bond acceptors (Lipinski definition) is 4. The molecule has 0 bridgehead atoms. The van der Waals surface area contributed by atoms with Crippen LogP contribution in [0.25, 0.3) is 5.57 Å². The fourth-order valence-corrected chi connectivity index (χ4v) is 5.06. The van der Waals surface area contributed by atoms with Gasteiger partial charge in [-0.05, 0) is 93.1 Å². The first-order valence-electron chi connectivity index (χ1n) is 12.2. The van der Waals surface area contributed by atoms with E-state index in [2.05, 4.69) is 22.3 Å². The highest BCUT2D eigenvalue weighted by Crippen LogP contribution is 2.37. The van der Waals surface area contributed by atoms with E-state index in [9.17, 15) is 9.59 Å². The molecule has 1 saturated heterocycles. The highest BCUT2D eigenvalue weighted by Gasteiger charge is 2.41. The topological polar surface area (TPSA) is 52.7 Å². The molecule has 5 rings (SSSR count). The second-order valence-electron chi connectivity index (χ2n) is 9.60. The van der Waals surface area contributed by atoms with Gasteiger partial charge in [0, 0.05) is 24.5 Å². The minimum absolute atomic E-state index is 0.299. The molecule has 3 aromatic carbocycles. The zero-order chi connectivity index (χ0) is 24.7. The summed E-state index contributed by atoms with van der Waals surface area (Å²) in [6.45, 7) is 10.1. The van der Waals surface area contributed by atoms with Crippen LogP contribution in [0.3, 0.4) is 0 Å². The van der Waals surface area contributed by atoms with E-state index in [1.165, 1.54) is 23.4 Å². The normalized spacial score (nSPS) is 16.0. The Labute approximate surface area is 207 Å². The maximum atomic E-state index is 13.8. The number of carbonyl (C=O) groups excluding carboxylic acids is 2. The Morgan fingerprint density at radius 2 is 1.49 bits per heavy atom. The molecule has 2 heterocycles. The van der Waals surface area contributed by atoms with Gasteiger partial charge in [0.15, 0.2) is 0 Å². The second kappa shape index (κ2) is 9.06. The van der Waals surface area contributed by atoms with Crippen molar-refractivity contribution in [3.63, 3.8) is 0 Å². The molecule has 178 valence electrons. The van der Waals surface area contributed by atoms with Gasteiger partial charge in [-0.15, -0.1) is 0 Å². The molecule has 0 spiro atoms. The maximum absolute atomic E-state index is 13.8. The highest BCUT2D eigenvalue weighted by molar-refractivity contribution is 6.46. The van der Waals surface area contributed by atoms with Crippen LogP contribution in [-0.4, -0.2) is 24.9 Å². The van der Waals surface area contributed by atoms with Gasteiger partial charge < -0.3 is 10.2 Å². The summed E-state index contributed by atoms with van der Waals surface area (Å²) < 4.78 is 0. The molecule has 0 aromatic heterocycles. The maximum Gasteiger partial charge on any atom is 0.282 e. The lowest BCUT2D eigenvalue weighted by molar-refractivity contribution is -0.120. The predicted molar refractivity (Wildman–Crippen MR) is 143 cm³/mol. The van der Waals surface area contributed by atoms with Gasteiger partial charge in [0.1, 0.15) is 5.70 Å². The van der Waals surface area contributed by atoms with Crippen LogP contribution < -0.4 is 15.1 Å². The van der Waals surface area contributed by atoms with Gasteiger partial charge in [-0.3, -0.25) is 9.59 Å². The summed E-state index contributed by atoms with van der Waals surface area (Å²) >= 11 is 0. The molecule has 5 nitrogen and oxygen atoms in total. The Balaban J connectivity index is 1.57. The van der Waals surface area contributed by atoms with Crippen LogP contribution in [0.5, 0.6) is 0 Å². The number of carbonyl (C=O) groups is 2. The standard InChI is InChI=1S/C30H31N3O2/c1-19-10-15-25(21(3)18-19)27-28(31-23-11-13-24(14-12-23)32-16-5-6-17-32)30(35)33(29(27)34)26-9-7-8-20(2)22(26)4/h7-15,18,31H,5-6,16-17H2,1-4H3. The SMILES string of the molecule is Cc1ccc(C2=C(Nc3ccc(N4CCCC4)cc3)C(=O)N(c3cccc(C)c3C)C2=O)c(C)c1. The largest absolute Gasteiger partial charge is 0.372 e. The Kier molecular flexibility index (Phi) is 5.93. The predicted octanol–water partition coefficient (Wildman–Crippen LogP) is 5.92. The molecule has 2 aliphatic heterocycles. The number of aryl methyl sites for hydroxylation is 3. The third-order valence-electron chi connectivity index (χ3n) is 7.16. The van der Waals surface area contributed by atoms with Crippen molar-refractivity contribution in [3.8, 4) is 0 Å². The summed E-state index contributed by atoms with van der Waals surface area (Å²) in [5.74, 6) is -0.630. The van der Waals surface area contributed by atoms with Crippen molar-refractivity contribution < 1.29 is 9.59 Å². The van der Waals surface area contributed by atoms with E-state index in [0.717, 1.165) is 46.6 Å². The van der Waals surface area contributed by atoms with E-state index in [1.54, 1.807) is 0 Å². The number of anilines is 3. The number of benzene rings is 3. The van der Waals surface area contributed by atoms with Crippen molar-refractivity contribution in [3.05, 3.63) is 94.2 Å². The van der Waals surface area contributed by atoms with E-state index in [4.69, 9.17) is 0 Å². The van der Waals surface area contributed by atoms with Crippen molar-refractivity contribution in [2.45, 2.75) is 40.5 Å². The van der Waals surface area contributed by atoms with E-state index >= 15 is 0 Å². The third-order valence-corrected chi connectivity index (χ3v) is 7.16. The monoisotopic (exact) mass is 465 g/mol. The molecule has 0 radical (unpaired) electrons. The summed E-state index contributed by atoms with van der Waals surface area (Å²) in [6.07, 6.45) is 2.44. The fourth-order valence-electron chi connectivity index (χ4n) is 5.06. The first-order valence-corrected chi connectivity index (χ1v) is 12.2. The smallest absolute Gasteiger partial charge is 0.282 e. The molecule has 0 aliphatic carbocycles. The molecular weight excluding hydrogens is 434 g/mol. The minimum Gasteiger partial charge on any atom is -0.372 e. The third kappa shape index (κ3) is 4.12. The zero-order valence-corrected chi connectivity index (χ0v) is 20.8.